The molecule has 1 fully saturated rings. The van der Waals surface area contributed by atoms with E-state index in [9.17, 15) is 15.0 Å². The largest absolute Gasteiger partial charge is 0.394 e. The molecular weight excluding hydrogens is 451 g/mol. The summed E-state index contributed by atoms with van der Waals surface area (Å²) in [6.07, 6.45) is 7.64. The highest BCUT2D eigenvalue weighted by atomic mass is 19.1. The number of hydrogen-bond donors (Lipinski definition) is 2. The van der Waals surface area contributed by atoms with E-state index in [0.29, 0.717) is 29.7 Å². The minimum absolute atomic E-state index is 0.00337. The maximum absolute atomic E-state index is 15.7. The van der Waals surface area contributed by atoms with Gasteiger partial charge >= 0.3 is 0 Å². The van der Waals surface area contributed by atoms with Crippen molar-refractivity contribution in [2.75, 3.05) is 20.3 Å². The molecule has 1 saturated carbocycles. The van der Waals surface area contributed by atoms with Gasteiger partial charge in [-0.25, -0.2) is 14.4 Å². The number of rotatable bonds is 11. The van der Waals surface area contributed by atoms with Crippen LogP contribution in [0.4, 0.5) is 4.39 Å². The fourth-order valence-corrected chi connectivity index (χ4v) is 4.95. The second-order valence-corrected chi connectivity index (χ2v) is 9.05. The second kappa shape index (κ2) is 12.3. The van der Waals surface area contributed by atoms with E-state index in [1.54, 1.807) is 18.0 Å². The molecule has 1 aliphatic carbocycles. The number of ether oxygens (including phenoxy) is 1. The number of aldehydes is 1. The number of benzene rings is 1. The average Bonchev–Trinajstić information content (AvgIpc) is 2.89. The lowest BCUT2D eigenvalue weighted by atomic mass is 9.71. The van der Waals surface area contributed by atoms with Crippen molar-refractivity contribution in [1.29, 1.82) is 5.26 Å². The van der Waals surface area contributed by atoms with E-state index in [1.807, 2.05) is 13.0 Å². The van der Waals surface area contributed by atoms with Crippen LogP contribution in [-0.4, -0.2) is 51.6 Å². The van der Waals surface area contributed by atoms with E-state index in [1.165, 1.54) is 18.5 Å². The number of aliphatic hydroxyl groups excluding tert-OH is 1. The SMILES string of the molecule is CCC(O)(c1cc(F)c(C(OCCO)N(C)Cc2ncc(C#N)cn2)c(C=O)c1)C1CCCCC1. The van der Waals surface area contributed by atoms with Gasteiger partial charge in [-0.05, 0) is 49.9 Å². The van der Waals surface area contributed by atoms with Crippen molar-refractivity contribution < 1.29 is 24.1 Å². The van der Waals surface area contributed by atoms with Crippen molar-refractivity contribution in [2.45, 2.75) is 63.8 Å². The maximum atomic E-state index is 15.7. The van der Waals surface area contributed by atoms with E-state index in [0.717, 1.165) is 32.1 Å². The highest BCUT2D eigenvalue weighted by molar-refractivity contribution is 5.78. The molecular formula is C26H33FN4O4. The van der Waals surface area contributed by atoms with Gasteiger partial charge in [-0.3, -0.25) is 9.69 Å². The Labute approximate surface area is 205 Å². The van der Waals surface area contributed by atoms with Crippen molar-refractivity contribution >= 4 is 6.29 Å². The van der Waals surface area contributed by atoms with Gasteiger partial charge in [0.2, 0.25) is 0 Å². The first-order valence-corrected chi connectivity index (χ1v) is 12.0. The number of aromatic nitrogens is 2. The van der Waals surface area contributed by atoms with Gasteiger partial charge in [0.1, 0.15) is 23.9 Å². The Morgan fingerprint density at radius 1 is 1.31 bits per heavy atom. The molecule has 0 spiro atoms. The Hall–Kier alpha value is -2.77. The lowest BCUT2D eigenvalue weighted by Gasteiger charge is -2.39. The van der Waals surface area contributed by atoms with Crippen LogP contribution in [0.25, 0.3) is 0 Å². The van der Waals surface area contributed by atoms with Crippen molar-refractivity contribution in [3.8, 4) is 6.07 Å². The zero-order valence-electron chi connectivity index (χ0n) is 20.3. The van der Waals surface area contributed by atoms with Crippen LogP contribution in [0.3, 0.4) is 0 Å². The van der Waals surface area contributed by atoms with Crippen LogP contribution in [0.15, 0.2) is 24.5 Å². The van der Waals surface area contributed by atoms with Crippen molar-refractivity contribution in [3.63, 3.8) is 0 Å². The summed E-state index contributed by atoms with van der Waals surface area (Å²) in [4.78, 5) is 22.0. The quantitative estimate of drug-likeness (QED) is 0.367. The molecule has 2 N–H and O–H groups in total. The molecule has 1 aliphatic rings. The molecule has 1 aromatic heterocycles. The van der Waals surface area contributed by atoms with Gasteiger partial charge in [-0.1, -0.05) is 26.2 Å². The summed E-state index contributed by atoms with van der Waals surface area (Å²) in [7, 11) is 1.66. The van der Waals surface area contributed by atoms with Crippen molar-refractivity contribution in [1.82, 2.24) is 14.9 Å². The molecule has 9 heteroatoms. The standard InChI is InChI=1S/C26H33FN4O4/c1-3-26(34,20-7-5-4-6-8-20)21-11-19(17-33)24(22(27)12-21)25(35-10-9-32)31(2)16-23-29-14-18(13-28)15-30-23/h11-12,14-15,17,20,25,32,34H,3-10,16H2,1-2H3. The molecule has 2 atom stereocenters. The van der Waals surface area contributed by atoms with Gasteiger partial charge < -0.3 is 14.9 Å². The van der Waals surface area contributed by atoms with E-state index >= 15 is 4.39 Å². The predicted molar refractivity (Wildman–Crippen MR) is 127 cm³/mol. The van der Waals surface area contributed by atoms with Crippen molar-refractivity contribution in [2.24, 2.45) is 5.92 Å². The number of aliphatic hydroxyl groups is 2. The van der Waals surface area contributed by atoms with Gasteiger partial charge in [0.15, 0.2) is 6.29 Å². The first-order chi connectivity index (χ1) is 16.9. The Morgan fingerprint density at radius 3 is 2.57 bits per heavy atom. The van der Waals surface area contributed by atoms with Crippen LogP contribution in [0, 0.1) is 23.1 Å². The first-order valence-electron chi connectivity index (χ1n) is 12.0. The fraction of sp³-hybridized carbons (Fsp3) is 0.538. The summed E-state index contributed by atoms with van der Waals surface area (Å²) in [5, 5.41) is 29.8. The van der Waals surface area contributed by atoms with Gasteiger partial charge in [-0.15, -0.1) is 0 Å². The van der Waals surface area contributed by atoms with E-state index in [2.05, 4.69) is 9.97 Å². The maximum Gasteiger partial charge on any atom is 0.150 e. The summed E-state index contributed by atoms with van der Waals surface area (Å²) in [5.74, 6) is -0.280. The van der Waals surface area contributed by atoms with Gasteiger partial charge in [0, 0.05) is 23.5 Å². The minimum Gasteiger partial charge on any atom is -0.394 e. The third kappa shape index (κ3) is 6.08. The Balaban J connectivity index is 1.97. The molecule has 1 aromatic carbocycles. The van der Waals surface area contributed by atoms with Gasteiger partial charge in [0.05, 0.1) is 30.9 Å². The van der Waals surface area contributed by atoms with Crippen LogP contribution in [0.2, 0.25) is 0 Å². The van der Waals surface area contributed by atoms with Gasteiger partial charge in [-0.2, -0.15) is 5.26 Å². The molecule has 0 radical (unpaired) electrons. The highest BCUT2D eigenvalue weighted by Crippen LogP contribution is 2.43. The number of carbonyl (C=O) groups excluding carboxylic acids is 1. The number of hydrogen-bond acceptors (Lipinski definition) is 8. The number of carbonyl (C=O) groups is 1. The van der Waals surface area contributed by atoms with Crippen LogP contribution >= 0.6 is 0 Å². The molecule has 3 rings (SSSR count). The highest BCUT2D eigenvalue weighted by Gasteiger charge is 2.39. The minimum atomic E-state index is -1.22. The second-order valence-electron chi connectivity index (χ2n) is 9.05. The smallest absolute Gasteiger partial charge is 0.150 e. The van der Waals surface area contributed by atoms with Crippen LogP contribution in [-0.2, 0) is 16.9 Å². The molecule has 8 nitrogen and oxygen atoms in total. The normalized spacial score (nSPS) is 17.1. The number of nitrogens with zero attached hydrogens (tertiary/aromatic N) is 4. The molecule has 1 heterocycles. The molecule has 35 heavy (non-hydrogen) atoms. The zero-order chi connectivity index (χ0) is 25.4. The average molecular weight is 485 g/mol. The lowest BCUT2D eigenvalue weighted by molar-refractivity contribution is -0.0680. The molecule has 188 valence electrons. The summed E-state index contributed by atoms with van der Waals surface area (Å²) in [6.45, 7) is 1.65. The first kappa shape index (κ1) is 26.8. The van der Waals surface area contributed by atoms with Gasteiger partial charge in [0.25, 0.3) is 0 Å². The molecule has 0 saturated heterocycles. The van der Waals surface area contributed by atoms with E-state index in [4.69, 9.17) is 10.00 Å². The summed E-state index contributed by atoms with van der Waals surface area (Å²) < 4.78 is 21.5. The fourth-order valence-electron chi connectivity index (χ4n) is 4.95. The summed E-state index contributed by atoms with van der Waals surface area (Å²) in [6, 6.07) is 4.82. The zero-order valence-corrected chi connectivity index (χ0v) is 20.3. The van der Waals surface area contributed by atoms with Crippen molar-refractivity contribution in [3.05, 3.63) is 58.4 Å². The predicted octanol–water partition coefficient (Wildman–Crippen LogP) is 3.62. The van der Waals surface area contributed by atoms with E-state index < -0.39 is 17.6 Å². The molecule has 0 bridgehead atoms. The molecule has 2 unspecified atom stereocenters. The molecule has 0 aliphatic heterocycles. The monoisotopic (exact) mass is 484 g/mol. The lowest BCUT2D eigenvalue weighted by Crippen LogP contribution is -2.36. The topological polar surface area (TPSA) is 120 Å². The van der Waals surface area contributed by atoms with Crippen LogP contribution in [0.5, 0.6) is 0 Å². The summed E-state index contributed by atoms with van der Waals surface area (Å²) >= 11 is 0. The van der Waals surface area contributed by atoms with Crippen LogP contribution in [0.1, 0.15) is 84.5 Å². The van der Waals surface area contributed by atoms with E-state index in [-0.39, 0.29) is 36.8 Å². The Bertz CT molecular complexity index is 1040. The number of nitriles is 1. The van der Waals surface area contributed by atoms with Crippen LogP contribution < -0.4 is 0 Å². The third-order valence-electron chi connectivity index (χ3n) is 6.85. The molecule has 0 amide bonds. The molecule has 2 aromatic rings. The number of halogens is 1. The summed E-state index contributed by atoms with van der Waals surface area (Å²) in [5.41, 5.74) is -0.403. The Morgan fingerprint density at radius 2 is 2.00 bits per heavy atom. The Kier molecular flexibility index (Phi) is 9.40. The third-order valence-corrected chi connectivity index (χ3v) is 6.85.